The van der Waals surface area contributed by atoms with Crippen LogP contribution in [0.4, 0.5) is 5.69 Å². The van der Waals surface area contributed by atoms with Crippen molar-refractivity contribution in [3.63, 3.8) is 0 Å². The quantitative estimate of drug-likeness (QED) is 0.303. The minimum Gasteiger partial charge on any atom is -0.478 e. The first-order valence-electron chi connectivity index (χ1n) is 9.20. The van der Waals surface area contributed by atoms with Crippen molar-refractivity contribution in [2.24, 2.45) is 0 Å². The number of carbonyl (C=O) groups is 1. The number of carboxylic acid groups (broad SMARTS) is 1. The fourth-order valence-electron chi connectivity index (χ4n) is 3.07. The van der Waals surface area contributed by atoms with Gasteiger partial charge in [0.25, 0.3) is 0 Å². The van der Waals surface area contributed by atoms with Gasteiger partial charge in [0.2, 0.25) is 0 Å². The standard InChI is InChI=1S/C23H24N2O3.2ClH/c24-21-14-19(23(27)28)10-11-20(21)17-8-6-16(7-9-17)12-13-25-15-22(26)18-4-2-1-3-5-18;;/h1-11,14,22,25-26H,12-13,15,24H2,(H,27,28);2*1H/t22-;;/m1../s1. The van der Waals surface area contributed by atoms with Crippen LogP contribution in [-0.2, 0) is 6.42 Å². The molecular weight excluding hydrogens is 423 g/mol. The fraction of sp³-hybridized carbons (Fsp3) is 0.174. The minimum absolute atomic E-state index is 0. The van der Waals surface area contributed by atoms with Crippen molar-refractivity contribution in [2.75, 3.05) is 18.8 Å². The molecule has 5 nitrogen and oxygen atoms in total. The van der Waals surface area contributed by atoms with E-state index < -0.39 is 12.1 Å². The lowest BCUT2D eigenvalue weighted by atomic mass is 10.00. The summed E-state index contributed by atoms with van der Waals surface area (Å²) in [5, 5.41) is 22.5. The molecule has 3 aromatic carbocycles. The van der Waals surface area contributed by atoms with Crippen LogP contribution >= 0.6 is 24.8 Å². The molecular formula is C23H26Cl2N2O3. The maximum Gasteiger partial charge on any atom is 0.335 e. The average molecular weight is 449 g/mol. The van der Waals surface area contributed by atoms with Crippen LogP contribution in [0, 0.1) is 0 Å². The van der Waals surface area contributed by atoms with Crippen molar-refractivity contribution in [1.82, 2.24) is 5.32 Å². The van der Waals surface area contributed by atoms with Crippen molar-refractivity contribution in [3.8, 4) is 11.1 Å². The van der Waals surface area contributed by atoms with Gasteiger partial charge in [-0.1, -0.05) is 60.7 Å². The monoisotopic (exact) mass is 448 g/mol. The summed E-state index contributed by atoms with van der Waals surface area (Å²) in [6.07, 6.45) is 0.329. The predicted octanol–water partition coefficient (Wildman–Crippen LogP) is 4.34. The van der Waals surface area contributed by atoms with E-state index in [0.29, 0.717) is 12.2 Å². The zero-order valence-electron chi connectivity index (χ0n) is 16.3. The molecule has 1 atom stereocenters. The molecule has 0 amide bonds. The Morgan fingerprint density at radius 2 is 1.63 bits per heavy atom. The van der Waals surface area contributed by atoms with Gasteiger partial charge in [0.15, 0.2) is 0 Å². The maximum atomic E-state index is 11.0. The molecule has 0 unspecified atom stereocenters. The van der Waals surface area contributed by atoms with Crippen LogP contribution in [0.15, 0.2) is 72.8 Å². The highest BCUT2D eigenvalue weighted by Crippen LogP contribution is 2.27. The van der Waals surface area contributed by atoms with E-state index >= 15 is 0 Å². The summed E-state index contributed by atoms with van der Waals surface area (Å²) >= 11 is 0. The number of aliphatic hydroxyl groups is 1. The molecule has 160 valence electrons. The van der Waals surface area contributed by atoms with Gasteiger partial charge in [0.05, 0.1) is 11.7 Å². The fourth-order valence-corrected chi connectivity index (χ4v) is 3.07. The smallest absolute Gasteiger partial charge is 0.335 e. The number of nitrogen functional groups attached to an aromatic ring is 1. The van der Waals surface area contributed by atoms with Crippen molar-refractivity contribution in [3.05, 3.63) is 89.5 Å². The average Bonchev–Trinajstić information content (AvgIpc) is 2.72. The lowest BCUT2D eigenvalue weighted by Crippen LogP contribution is -2.23. The second kappa shape index (κ2) is 12.2. The van der Waals surface area contributed by atoms with Crippen molar-refractivity contribution < 1.29 is 15.0 Å². The van der Waals surface area contributed by atoms with Crippen LogP contribution in [0.1, 0.15) is 27.6 Å². The zero-order chi connectivity index (χ0) is 19.9. The van der Waals surface area contributed by atoms with E-state index in [-0.39, 0.29) is 30.4 Å². The summed E-state index contributed by atoms with van der Waals surface area (Å²) in [6, 6.07) is 22.4. The molecule has 0 heterocycles. The third-order valence-corrected chi connectivity index (χ3v) is 4.68. The minimum atomic E-state index is -0.988. The summed E-state index contributed by atoms with van der Waals surface area (Å²) in [6.45, 7) is 1.27. The molecule has 3 rings (SSSR count). The number of carboxylic acids is 1. The number of anilines is 1. The van der Waals surface area contributed by atoms with Gasteiger partial charge in [-0.3, -0.25) is 0 Å². The summed E-state index contributed by atoms with van der Waals surface area (Å²) in [7, 11) is 0. The van der Waals surface area contributed by atoms with Gasteiger partial charge < -0.3 is 21.3 Å². The second-order valence-electron chi connectivity index (χ2n) is 6.68. The molecule has 0 aliphatic heterocycles. The molecule has 0 aliphatic rings. The first-order valence-corrected chi connectivity index (χ1v) is 9.20. The van der Waals surface area contributed by atoms with Crippen LogP contribution in [0.5, 0.6) is 0 Å². The summed E-state index contributed by atoms with van der Waals surface area (Å²) in [5.41, 5.74) is 10.5. The molecule has 5 N–H and O–H groups in total. The predicted molar refractivity (Wildman–Crippen MR) is 126 cm³/mol. The lowest BCUT2D eigenvalue weighted by molar-refractivity contribution is 0.0697. The number of nitrogens with two attached hydrogens (primary N) is 1. The molecule has 0 aromatic heterocycles. The number of aromatic carboxylic acids is 1. The number of halogens is 2. The summed E-state index contributed by atoms with van der Waals surface area (Å²) in [4.78, 5) is 11.0. The van der Waals surface area contributed by atoms with Gasteiger partial charge in [-0.25, -0.2) is 4.79 Å². The molecule has 0 spiro atoms. The molecule has 0 aliphatic carbocycles. The second-order valence-corrected chi connectivity index (χ2v) is 6.68. The lowest BCUT2D eigenvalue weighted by Gasteiger charge is -2.12. The van der Waals surface area contributed by atoms with Crippen molar-refractivity contribution in [2.45, 2.75) is 12.5 Å². The van der Waals surface area contributed by atoms with Crippen LogP contribution < -0.4 is 11.1 Å². The first kappa shape index (κ1) is 25.5. The topological polar surface area (TPSA) is 95.6 Å². The maximum absolute atomic E-state index is 11.0. The Kier molecular flexibility index (Phi) is 10.4. The van der Waals surface area contributed by atoms with Crippen LogP contribution in [0.2, 0.25) is 0 Å². The first-order chi connectivity index (χ1) is 13.5. The Bertz CT molecular complexity index is 935. The Labute approximate surface area is 188 Å². The van der Waals surface area contributed by atoms with E-state index in [1.807, 2.05) is 54.6 Å². The van der Waals surface area contributed by atoms with Crippen LogP contribution in [0.25, 0.3) is 11.1 Å². The van der Waals surface area contributed by atoms with E-state index in [2.05, 4.69) is 5.32 Å². The van der Waals surface area contributed by atoms with Gasteiger partial charge >= 0.3 is 5.97 Å². The molecule has 0 radical (unpaired) electrons. The highest BCUT2D eigenvalue weighted by molar-refractivity contribution is 5.91. The number of nitrogens with one attached hydrogen (secondary N) is 1. The van der Waals surface area contributed by atoms with Crippen LogP contribution in [-0.4, -0.2) is 29.3 Å². The molecule has 3 aromatic rings. The Morgan fingerprint density at radius 1 is 0.967 bits per heavy atom. The number of hydrogen-bond donors (Lipinski definition) is 4. The normalized spacial score (nSPS) is 11.1. The highest BCUT2D eigenvalue weighted by Gasteiger charge is 2.08. The van der Waals surface area contributed by atoms with E-state index in [0.717, 1.165) is 29.7 Å². The van der Waals surface area contributed by atoms with Gasteiger partial charge in [0.1, 0.15) is 0 Å². The Balaban J connectivity index is 0.00000225. The number of hydrogen-bond acceptors (Lipinski definition) is 4. The van der Waals surface area contributed by atoms with E-state index in [1.165, 1.54) is 11.6 Å². The van der Waals surface area contributed by atoms with Crippen molar-refractivity contribution in [1.29, 1.82) is 0 Å². The third-order valence-electron chi connectivity index (χ3n) is 4.68. The summed E-state index contributed by atoms with van der Waals surface area (Å²) < 4.78 is 0. The van der Waals surface area contributed by atoms with Crippen LogP contribution in [0.3, 0.4) is 0 Å². The van der Waals surface area contributed by atoms with Gasteiger partial charge in [-0.05, 0) is 41.8 Å². The molecule has 7 heteroatoms. The van der Waals surface area contributed by atoms with E-state index in [1.54, 1.807) is 12.1 Å². The van der Waals surface area contributed by atoms with E-state index in [9.17, 15) is 9.90 Å². The molecule has 0 saturated carbocycles. The largest absolute Gasteiger partial charge is 0.478 e. The Hall–Kier alpha value is -2.57. The number of rotatable bonds is 8. The zero-order valence-corrected chi connectivity index (χ0v) is 18.0. The number of aliphatic hydroxyl groups excluding tert-OH is 1. The van der Waals surface area contributed by atoms with E-state index in [4.69, 9.17) is 10.8 Å². The third kappa shape index (κ3) is 6.75. The summed E-state index contributed by atoms with van der Waals surface area (Å²) in [5.74, 6) is -0.988. The molecule has 30 heavy (non-hydrogen) atoms. The molecule has 0 bridgehead atoms. The Morgan fingerprint density at radius 3 is 2.23 bits per heavy atom. The molecule has 0 saturated heterocycles. The van der Waals surface area contributed by atoms with Crippen molar-refractivity contribution >= 4 is 36.5 Å². The molecule has 0 fully saturated rings. The van der Waals surface area contributed by atoms with Gasteiger partial charge in [0, 0.05) is 17.8 Å². The van der Waals surface area contributed by atoms with Gasteiger partial charge in [-0.15, -0.1) is 24.8 Å². The number of benzene rings is 3. The SMILES string of the molecule is Cl.Cl.Nc1cc(C(=O)O)ccc1-c1ccc(CCNC[C@@H](O)c2ccccc2)cc1. The van der Waals surface area contributed by atoms with Gasteiger partial charge in [-0.2, -0.15) is 0 Å². The highest BCUT2D eigenvalue weighted by atomic mass is 35.5.